The minimum absolute atomic E-state index is 0.00443. The summed E-state index contributed by atoms with van der Waals surface area (Å²) in [6, 6.07) is 7.00. The van der Waals surface area contributed by atoms with Gasteiger partial charge in [0.15, 0.2) is 5.78 Å². The number of nitro groups is 1. The molecule has 1 aliphatic rings. The summed E-state index contributed by atoms with van der Waals surface area (Å²) in [6.45, 7) is 0.344. The van der Waals surface area contributed by atoms with Crippen molar-refractivity contribution in [2.75, 3.05) is 11.4 Å². The van der Waals surface area contributed by atoms with E-state index in [0.29, 0.717) is 25.1 Å². The molecule has 0 radical (unpaired) electrons. The molecule has 24 heavy (non-hydrogen) atoms. The van der Waals surface area contributed by atoms with Crippen LogP contribution in [0.3, 0.4) is 0 Å². The molecule has 3 rings (SSSR count). The number of anilines is 1. The second-order valence-electron chi connectivity index (χ2n) is 5.28. The van der Waals surface area contributed by atoms with Crippen molar-refractivity contribution < 1.29 is 14.5 Å². The Hall–Kier alpha value is -2.80. The molecule has 1 aromatic heterocycles. The lowest BCUT2D eigenvalue weighted by molar-refractivity contribution is -0.384. The van der Waals surface area contributed by atoms with Gasteiger partial charge in [0.2, 0.25) is 0 Å². The van der Waals surface area contributed by atoms with Gasteiger partial charge in [-0.3, -0.25) is 24.7 Å². The van der Waals surface area contributed by atoms with E-state index in [2.05, 4.69) is 4.98 Å². The molecule has 122 valence electrons. The van der Waals surface area contributed by atoms with Crippen LogP contribution in [0.15, 0.2) is 36.5 Å². The smallest absolute Gasteiger partial charge is 0.270 e. The maximum Gasteiger partial charge on any atom is 0.270 e. The lowest BCUT2D eigenvalue weighted by Gasteiger charge is -2.22. The number of hydrogen-bond donors (Lipinski definition) is 0. The predicted molar refractivity (Wildman–Crippen MR) is 87.6 cm³/mol. The number of hydrogen-bond acceptors (Lipinski definition) is 5. The fourth-order valence-corrected chi connectivity index (χ4v) is 2.87. The number of rotatable bonds is 2. The number of carbonyl (C=O) groups is 2. The summed E-state index contributed by atoms with van der Waals surface area (Å²) in [6.07, 6.45) is 2.32. The molecule has 1 amide bonds. The fraction of sp³-hybridized carbons (Fsp3) is 0.188. The number of nitro benzene ring substituents is 1. The van der Waals surface area contributed by atoms with Crippen LogP contribution >= 0.6 is 11.6 Å². The van der Waals surface area contributed by atoms with Crippen molar-refractivity contribution in [3.05, 3.63) is 62.9 Å². The molecule has 7 nitrogen and oxygen atoms in total. The lowest BCUT2D eigenvalue weighted by atomic mass is 10.1. The molecule has 0 saturated heterocycles. The molecule has 0 atom stereocenters. The first-order valence-electron chi connectivity index (χ1n) is 7.23. The predicted octanol–water partition coefficient (Wildman–Crippen LogP) is 3.27. The third-order valence-corrected chi connectivity index (χ3v) is 4.08. The van der Waals surface area contributed by atoms with E-state index in [9.17, 15) is 19.7 Å². The SMILES string of the molecule is O=C1CCCN(C(=O)c2ccc([N+](=O)[O-])cc2Cl)c2cccnc21. The molecule has 1 aliphatic heterocycles. The van der Waals surface area contributed by atoms with E-state index < -0.39 is 10.8 Å². The second kappa shape index (κ2) is 6.37. The van der Waals surface area contributed by atoms with Crippen LogP contribution in [0.2, 0.25) is 5.02 Å². The number of nitrogens with zero attached hydrogens (tertiary/aromatic N) is 3. The number of amides is 1. The van der Waals surface area contributed by atoms with E-state index in [-0.39, 0.29) is 27.8 Å². The van der Waals surface area contributed by atoms with E-state index in [1.165, 1.54) is 23.2 Å². The van der Waals surface area contributed by atoms with Gasteiger partial charge in [-0.1, -0.05) is 11.6 Å². The highest BCUT2D eigenvalue weighted by Crippen LogP contribution is 2.29. The first-order valence-corrected chi connectivity index (χ1v) is 7.61. The monoisotopic (exact) mass is 345 g/mol. The number of non-ortho nitro benzene ring substituents is 1. The van der Waals surface area contributed by atoms with Gasteiger partial charge in [0, 0.05) is 31.3 Å². The molecular formula is C16H12ClN3O4. The molecule has 0 saturated carbocycles. The van der Waals surface area contributed by atoms with E-state index in [4.69, 9.17) is 11.6 Å². The maximum atomic E-state index is 12.9. The first kappa shape index (κ1) is 16.1. The molecule has 1 aromatic carbocycles. The van der Waals surface area contributed by atoms with Crippen molar-refractivity contribution in [3.8, 4) is 0 Å². The number of fused-ring (bicyclic) bond motifs is 1. The molecule has 2 aromatic rings. The van der Waals surface area contributed by atoms with E-state index in [1.54, 1.807) is 12.1 Å². The molecule has 0 unspecified atom stereocenters. The molecule has 0 aliphatic carbocycles. The molecule has 0 spiro atoms. The molecular weight excluding hydrogens is 334 g/mol. The lowest BCUT2D eigenvalue weighted by Crippen LogP contribution is -2.32. The van der Waals surface area contributed by atoms with Gasteiger partial charge in [0.1, 0.15) is 5.69 Å². The van der Waals surface area contributed by atoms with Crippen molar-refractivity contribution in [3.63, 3.8) is 0 Å². The van der Waals surface area contributed by atoms with Crippen LogP contribution in [0.5, 0.6) is 0 Å². The van der Waals surface area contributed by atoms with Gasteiger partial charge in [0.25, 0.3) is 11.6 Å². The van der Waals surface area contributed by atoms with Gasteiger partial charge in [0.05, 0.1) is 21.2 Å². The van der Waals surface area contributed by atoms with Crippen LogP contribution in [-0.2, 0) is 0 Å². The number of carbonyl (C=O) groups excluding carboxylic acids is 2. The van der Waals surface area contributed by atoms with Crippen molar-refractivity contribution in [1.29, 1.82) is 0 Å². The van der Waals surface area contributed by atoms with Crippen LogP contribution < -0.4 is 4.90 Å². The summed E-state index contributed by atoms with van der Waals surface area (Å²) < 4.78 is 0. The van der Waals surface area contributed by atoms with Crippen molar-refractivity contribution in [2.24, 2.45) is 0 Å². The zero-order valence-corrected chi connectivity index (χ0v) is 13.2. The summed E-state index contributed by atoms with van der Waals surface area (Å²) in [5.74, 6) is -0.533. The van der Waals surface area contributed by atoms with Crippen molar-refractivity contribution in [2.45, 2.75) is 12.8 Å². The average Bonchev–Trinajstić information content (AvgIpc) is 2.74. The van der Waals surface area contributed by atoms with Crippen LogP contribution in [0, 0.1) is 10.1 Å². The van der Waals surface area contributed by atoms with Gasteiger partial charge in [-0.15, -0.1) is 0 Å². The highest BCUT2D eigenvalue weighted by molar-refractivity contribution is 6.34. The summed E-state index contributed by atoms with van der Waals surface area (Å²) >= 11 is 6.05. The van der Waals surface area contributed by atoms with Gasteiger partial charge >= 0.3 is 0 Å². The third kappa shape index (κ3) is 2.85. The Morgan fingerprint density at radius 1 is 1.33 bits per heavy atom. The molecule has 8 heteroatoms. The zero-order valence-electron chi connectivity index (χ0n) is 12.4. The highest BCUT2D eigenvalue weighted by Gasteiger charge is 2.28. The zero-order chi connectivity index (χ0) is 17.3. The largest absolute Gasteiger partial charge is 0.306 e. The van der Waals surface area contributed by atoms with Crippen LogP contribution in [0.1, 0.15) is 33.7 Å². The third-order valence-electron chi connectivity index (χ3n) is 3.77. The van der Waals surface area contributed by atoms with Crippen LogP contribution in [0.25, 0.3) is 0 Å². The number of halogens is 1. The summed E-state index contributed by atoms with van der Waals surface area (Å²) in [5.41, 5.74) is 0.636. The van der Waals surface area contributed by atoms with E-state index in [1.807, 2.05) is 0 Å². The Labute approximate surface area is 142 Å². The summed E-state index contributed by atoms with van der Waals surface area (Å²) in [7, 11) is 0. The topological polar surface area (TPSA) is 93.4 Å². The van der Waals surface area contributed by atoms with Gasteiger partial charge in [-0.25, -0.2) is 0 Å². The number of benzene rings is 1. The Morgan fingerprint density at radius 2 is 2.12 bits per heavy atom. The average molecular weight is 346 g/mol. The maximum absolute atomic E-state index is 12.9. The Morgan fingerprint density at radius 3 is 2.83 bits per heavy atom. The van der Waals surface area contributed by atoms with Crippen LogP contribution in [-0.4, -0.2) is 28.1 Å². The van der Waals surface area contributed by atoms with Gasteiger partial charge in [-0.2, -0.15) is 0 Å². The van der Waals surface area contributed by atoms with E-state index >= 15 is 0 Å². The fourth-order valence-electron chi connectivity index (χ4n) is 2.61. The van der Waals surface area contributed by atoms with Crippen molar-refractivity contribution >= 4 is 34.7 Å². The molecule has 0 fully saturated rings. The minimum Gasteiger partial charge on any atom is -0.306 e. The normalized spacial score (nSPS) is 14.0. The Balaban J connectivity index is 2.02. The number of aromatic nitrogens is 1. The quantitative estimate of drug-likeness (QED) is 0.615. The van der Waals surface area contributed by atoms with Crippen LogP contribution in [0.4, 0.5) is 11.4 Å². The van der Waals surface area contributed by atoms with Gasteiger partial charge in [-0.05, 0) is 24.6 Å². The number of ketones is 1. The summed E-state index contributed by atoms with van der Waals surface area (Å²) in [4.78, 5) is 40.7. The standard InChI is InChI=1S/C16H12ClN3O4/c17-12-9-10(20(23)24)5-6-11(12)16(22)19-8-2-4-14(21)15-13(19)3-1-7-18-15/h1,3,5-7,9H,2,4,8H2. The Bertz CT molecular complexity index is 853. The molecule has 0 N–H and O–H groups in total. The second-order valence-corrected chi connectivity index (χ2v) is 5.68. The highest BCUT2D eigenvalue weighted by atomic mass is 35.5. The molecule has 0 bridgehead atoms. The Kier molecular flexibility index (Phi) is 4.26. The molecule has 2 heterocycles. The summed E-state index contributed by atoms with van der Waals surface area (Å²) in [5, 5.41) is 10.8. The first-order chi connectivity index (χ1) is 11.5. The minimum atomic E-state index is -0.579. The van der Waals surface area contributed by atoms with Crippen molar-refractivity contribution in [1.82, 2.24) is 4.98 Å². The number of Topliss-reactive ketones (excluding diaryl/α,β-unsaturated/α-hetero) is 1. The van der Waals surface area contributed by atoms with Gasteiger partial charge < -0.3 is 4.90 Å². The number of pyridine rings is 1. The van der Waals surface area contributed by atoms with E-state index in [0.717, 1.165) is 6.07 Å².